The second-order valence-corrected chi connectivity index (χ2v) is 2.07. The Labute approximate surface area is 53.9 Å². The van der Waals surface area contributed by atoms with Gasteiger partial charge >= 0.3 is 0 Å². The fraction of sp³-hybridized carbons (Fsp3) is 0.429. The smallest absolute Gasteiger partial charge is 0 e. The minimum absolute atomic E-state index is 0. The molecule has 43 valence electrons. The molecule has 0 rings (SSSR count). The summed E-state index contributed by atoms with van der Waals surface area (Å²) in [5.74, 6) is 0. The van der Waals surface area contributed by atoms with Gasteiger partial charge < -0.3 is 0 Å². The largest absolute Gasteiger partial charge is 0.0961 e. The number of hydrogen-bond donors (Lipinski definition) is 0. The second kappa shape index (κ2) is 4.70. The van der Waals surface area contributed by atoms with Crippen molar-refractivity contribution in [2.75, 3.05) is 0 Å². The van der Waals surface area contributed by atoms with Crippen LogP contribution in [0.3, 0.4) is 0 Å². The molecule has 8 heavy (non-hydrogen) atoms. The normalized spacial score (nSPS) is 6.88. The van der Waals surface area contributed by atoms with Gasteiger partial charge in [0.25, 0.3) is 0 Å². The Bertz CT molecular complexity index is 97.0. The lowest BCUT2D eigenvalue weighted by Gasteiger charge is -1.85. The van der Waals surface area contributed by atoms with Crippen LogP contribution in [0.25, 0.3) is 0 Å². The van der Waals surface area contributed by atoms with Gasteiger partial charge in [-0.2, -0.15) is 0 Å². The molecule has 0 aliphatic rings. The third-order valence-corrected chi connectivity index (χ3v) is 0.535. The molecule has 0 saturated carbocycles. The van der Waals surface area contributed by atoms with Crippen molar-refractivity contribution < 1.29 is 0 Å². The van der Waals surface area contributed by atoms with E-state index in [1.807, 2.05) is 6.92 Å². The summed E-state index contributed by atoms with van der Waals surface area (Å²) in [5.41, 5.74) is 2.44. The van der Waals surface area contributed by atoms with Crippen LogP contribution in [0.4, 0.5) is 0 Å². The Morgan fingerprint density at radius 1 is 1.25 bits per heavy atom. The van der Waals surface area contributed by atoms with Gasteiger partial charge in [0.15, 0.2) is 0 Å². The van der Waals surface area contributed by atoms with E-state index >= 15 is 0 Å². The van der Waals surface area contributed by atoms with Crippen molar-refractivity contribution in [3.63, 3.8) is 0 Å². The lowest BCUT2D eigenvalue weighted by molar-refractivity contribution is 1.36. The molecule has 0 N–H and O–H groups in total. The van der Waals surface area contributed by atoms with Gasteiger partial charge in [-0.05, 0) is 20.8 Å². The number of rotatable bonds is 1. The lowest BCUT2D eigenvalue weighted by Crippen LogP contribution is -1.64. The van der Waals surface area contributed by atoms with Gasteiger partial charge in [-0.15, -0.1) is 0 Å². The minimum atomic E-state index is 0. The molecule has 0 aliphatic carbocycles. The first-order valence-corrected chi connectivity index (χ1v) is 2.43. The van der Waals surface area contributed by atoms with Gasteiger partial charge in [0, 0.05) is 8.41 Å². The van der Waals surface area contributed by atoms with E-state index in [9.17, 15) is 0 Å². The van der Waals surface area contributed by atoms with Crippen LogP contribution >= 0.6 is 0 Å². The highest BCUT2D eigenvalue weighted by Gasteiger charge is 1.73. The van der Waals surface area contributed by atoms with E-state index in [4.69, 9.17) is 0 Å². The molecule has 0 saturated heterocycles. The molecule has 0 aliphatic heterocycles. The summed E-state index contributed by atoms with van der Waals surface area (Å²) in [4.78, 5) is 0. The highest BCUT2D eigenvalue weighted by Crippen LogP contribution is 1.95. The van der Waals surface area contributed by atoms with E-state index in [1.54, 1.807) is 0 Å². The van der Waals surface area contributed by atoms with Gasteiger partial charge in [-0.3, -0.25) is 0 Å². The third kappa shape index (κ3) is 9.11. The van der Waals surface area contributed by atoms with E-state index in [1.165, 1.54) is 5.57 Å². The van der Waals surface area contributed by atoms with Gasteiger partial charge in [0.05, 0.1) is 0 Å². The topological polar surface area (TPSA) is 0 Å². The molecule has 0 fully saturated rings. The van der Waals surface area contributed by atoms with Crippen molar-refractivity contribution >= 4 is 8.41 Å². The highest BCUT2D eigenvalue weighted by molar-refractivity contribution is 5.75. The van der Waals surface area contributed by atoms with E-state index < -0.39 is 0 Å². The number of hydrogen-bond acceptors (Lipinski definition) is 0. The third-order valence-electron chi connectivity index (χ3n) is 0.535. The maximum absolute atomic E-state index is 3.72. The Kier molecular flexibility index (Phi) is 6.17. The first-order chi connectivity index (χ1) is 3.13. The molecule has 0 aromatic heterocycles. The van der Waals surface area contributed by atoms with Gasteiger partial charge in [0.1, 0.15) is 0 Å². The predicted octanol–water partition coefficient (Wildman–Crippen LogP) is 2.15. The molecule has 0 aromatic rings. The molecule has 0 nitrogen and oxygen atoms in total. The van der Waals surface area contributed by atoms with E-state index in [0.29, 0.717) is 0 Å². The molecule has 3 radical (unpaired) electrons. The minimum Gasteiger partial charge on any atom is -0.0961 e. The molecule has 0 spiro atoms. The molecular weight excluding hydrogens is 94.9 g/mol. The van der Waals surface area contributed by atoms with Crippen LogP contribution in [0, 0.1) is 0 Å². The van der Waals surface area contributed by atoms with Crippen LogP contribution in [0.2, 0.25) is 0 Å². The van der Waals surface area contributed by atoms with Crippen molar-refractivity contribution in [1.82, 2.24) is 0 Å². The van der Waals surface area contributed by atoms with Crippen LogP contribution in [0.15, 0.2) is 23.8 Å². The number of allylic oxidation sites excluding steroid dienone is 3. The van der Waals surface area contributed by atoms with Crippen molar-refractivity contribution in [2.24, 2.45) is 0 Å². The second-order valence-electron chi connectivity index (χ2n) is 2.07. The highest BCUT2D eigenvalue weighted by atomic mass is 13.8. The average molecular weight is 107 g/mol. The molecule has 0 amide bonds. The summed E-state index contributed by atoms with van der Waals surface area (Å²) >= 11 is 0. The zero-order chi connectivity index (χ0) is 5.86. The first kappa shape index (κ1) is 10.5. The van der Waals surface area contributed by atoms with Crippen LogP contribution < -0.4 is 0 Å². The maximum atomic E-state index is 3.72. The average Bonchev–Trinajstić information content (AvgIpc) is 1.27. The Balaban J connectivity index is 0. The molecule has 0 atom stereocenters. The Morgan fingerprint density at radius 3 is 1.62 bits per heavy atom. The first-order valence-electron chi connectivity index (χ1n) is 2.43. The zero-order valence-electron chi connectivity index (χ0n) is 5.86. The van der Waals surface area contributed by atoms with Crippen LogP contribution in [0.5, 0.6) is 0 Å². The summed E-state index contributed by atoms with van der Waals surface area (Å²) in [6.45, 7) is 9.84. The van der Waals surface area contributed by atoms with Gasteiger partial charge in [-0.1, -0.05) is 23.8 Å². The fourth-order valence-electron chi connectivity index (χ4n) is 0.493. The van der Waals surface area contributed by atoms with Crippen molar-refractivity contribution in [2.45, 2.75) is 20.8 Å². The van der Waals surface area contributed by atoms with Crippen LogP contribution in [-0.4, -0.2) is 8.41 Å². The monoisotopic (exact) mass is 107 g/mol. The summed E-state index contributed by atoms with van der Waals surface area (Å²) in [5, 5.41) is 0. The molecule has 1 heteroatoms. The van der Waals surface area contributed by atoms with Gasteiger partial charge in [0.2, 0.25) is 0 Å². The van der Waals surface area contributed by atoms with E-state index in [2.05, 4.69) is 26.5 Å². The van der Waals surface area contributed by atoms with E-state index in [-0.39, 0.29) is 8.41 Å². The standard InChI is InChI=1S/C7H12.B/c1-6(2)5-7(3)4;/h5H,1H2,2-4H3;. The maximum Gasteiger partial charge on any atom is 0 e. The van der Waals surface area contributed by atoms with Crippen LogP contribution in [0.1, 0.15) is 20.8 Å². The lowest BCUT2D eigenvalue weighted by atomic mass is 10.2. The molecule has 0 unspecified atom stereocenters. The zero-order valence-corrected chi connectivity index (χ0v) is 5.86. The molecule has 0 aromatic carbocycles. The summed E-state index contributed by atoms with van der Waals surface area (Å²) < 4.78 is 0. The predicted molar refractivity (Wildman–Crippen MR) is 40.0 cm³/mol. The molecule has 0 heterocycles. The Hall–Kier alpha value is -0.455. The SMILES string of the molecule is C=C(C)C=C(C)C.[B]. The summed E-state index contributed by atoms with van der Waals surface area (Å²) in [6.07, 6.45) is 2.06. The van der Waals surface area contributed by atoms with E-state index in [0.717, 1.165) is 5.57 Å². The summed E-state index contributed by atoms with van der Waals surface area (Å²) in [6, 6.07) is 0. The van der Waals surface area contributed by atoms with Crippen molar-refractivity contribution in [3.8, 4) is 0 Å². The van der Waals surface area contributed by atoms with Crippen molar-refractivity contribution in [1.29, 1.82) is 0 Å². The molecule has 0 bridgehead atoms. The van der Waals surface area contributed by atoms with Gasteiger partial charge in [-0.25, -0.2) is 0 Å². The quantitative estimate of drug-likeness (QED) is 0.355. The van der Waals surface area contributed by atoms with Crippen LogP contribution in [-0.2, 0) is 0 Å². The fourth-order valence-corrected chi connectivity index (χ4v) is 0.493. The van der Waals surface area contributed by atoms with Crippen molar-refractivity contribution in [3.05, 3.63) is 23.8 Å². The summed E-state index contributed by atoms with van der Waals surface area (Å²) in [7, 11) is 0. The molecular formula is C7H12B. The Morgan fingerprint density at radius 2 is 1.62 bits per heavy atom.